The Kier molecular flexibility index (Phi) is 4.73. The van der Waals surface area contributed by atoms with Gasteiger partial charge in [-0.2, -0.15) is 0 Å². The zero-order chi connectivity index (χ0) is 19.6. The molecule has 5 rings (SSSR count). The van der Waals surface area contributed by atoms with Crippen LogP contribution in [0.25, 0.3) is 11.0 Å². The minimum Gasteiger partial charge on any atom is -0.477 e. The van der Waals surface area contributed by atoms with Gasteiger partial charge in [-0.05, 0) is 37.6 Å². The number of nitrogens with zero attached hydrogens (tertiary/aromatic N) is 6. The van der Waals surface area contributed by atoms with Crippen LogP contribution >= 0.6 is 11.3 Å². The Morgan fingerprint density at radius 3 is 3.00 bits per heavy atom. The van der Waals surface area contributed by atoms with E-state index in [9.17, 15) is 0 Å². The van der Waals surface area contributed by atoms with E-state index in [1.54, 1.807) is 17.5 Å². The van der Waals surface area contributed by atoms with Crippen LogP contribution in [-0.4, -0.2) is 36.7 Å². The molecule has 29 heavy (non-hydrogen) atoms. The second-order valence-corrected chi connectivity index (χ2v) is 8.27. The summed E-state index contributed by atoms with van der Waals surface area (Å²) in [6.45, 7) is 3.13. The number of ether oxygens (including phenoxy) is 1. The highest BCUT2D eigenvalue weighted by Gasteiger charge is 2.40. The summed E-state index contributed by atoms with van der Waals surface area (Å²) in [6, 6.07) is 9.83. The highest BCUT2D eigenvalue weighted by atomic mass is 32.1. The molecule has 1 saturated carbocycles. The Balaban J connectivity index is 1.16. The lowest BCUT2D eigenvalue weighted by atomic mass is 10.2. The minimum absolute atomic E-state index is 0.430. The van der Waals surface area contributed by atoms with E-state index in [4.69, 9.17) is 9.72 Å². The molecule has 0 aliphatic heterocycles. The largest absolute Gasteiger partial charge is 0.477 e. The lowest BCUT2D eigenvalue weighted by Crippen LogP contribution is -2.05. The average molecular weight is 405 g/mol. The first kappa shape index (κ1) is 17.9. The molecule has 1 N–H and O–H groups in total. The Morgan fingerprint density at radius 2 is 2.10 bits per heavy atom. The summed E-state index contributed by atoms with van der Waals surface area (Å²) < 4.78 is 5.91. The fourth-order valence-corrected chi connectivity index (χ4v) is 3.90. The summed E-state index contributed by atoms with van der Waals surface area (Å²) in [4.78, 5) is 17.5. The van der Waals surface area contributed by atoms with Gasteiger partial charge in [0.15, 0.2) is 0 Å². The molecule has 0 spiro atoms. The molecular formula is C20H19N7OS. The van der Waals surface area contributed by atoms with Crippen LogP contribution in [0.1, 0.15) is 28.0 Å². The molecule has 4 aromatic rings. The number of anilines is 1. The van der Waals surface area contributed by atoms with Gasteiger partial charge in [-0.15, -0.1) is 10.2 Å². The molecule has 0 bridgehead atoms. The van der Waals surface area contributed by atoms with E-state index in [2.05, 4.69) is 36.5 Å². The minimum atomic E-state index is 0.430. The lowest BCUT2D eigenvalue weighted by Gasteiger charge is -2.07. The van der Waals surface area contributed by atoms with Crippen molar-refractivity contribution in [2.75, 3.05) is 11.9 Å². The quantitative estimate of drug-likeness (QED) is 0.500. The standard InChI is InChI=1S/C20H19N7OS/c1-12-26-27-20(29-12)9-22-18-8-19(24-11-23-18)28-10-13-7-14(13)15-4-5-16-17(25-15)3-2-6-21-16/h2-6,8,11,13-14H,7,9-10H2,1H3,(H,22,23,24)/t13-,14+/m1/s1. The Morgan fingerprint density at radius 1 is 1.14 bits per heavy atom. The van der Waals surface area contributed by atoms with E-state index >= 15 is 0 Å². The first-order valence-corrected chi connectivity index (χ1v) is 10.3. The third-order valence-electron chi connectivity index (χ3n) is 4.86. The number of hydrogen-bond acceptors (Lipinski definition) is 9. The topological polar surface area (TPSA) is 98.6 Å². The maximum absolute atomic E-state index is 5.91. The predicted octanol–water partition coefficient (Wildman–Crippen LogP) is 3.37. The smallest absolute Gasteiger partial charge is 0.218 e. The van der Waals surface area contributed by atoms with Crippen LogP contribution < -0.4 is 10.1 Å². The maximum atomic E-state index is 5.91. The molecular weight excluding hydrogens is 386 g/mol. The van der Waals surface area contributed by atoms with Gasteiger partial charge in [0.05, 0.1) is 24.2 Å². The Labute approximate surface area is 171 Å². The van der Waals surface area contributed by atoms with Gasteiger partial charge in [0.1, 0.15) is 22.2 Å². The van der Waals surface area contributed by atoms with Gasteiger partial charge in [-0.3, -0.25) is 9.97 Å². The second-order valence-electron chi connectivity index (χ2n) is 7.00. The third kappa shape index (κ3) is 4.14. The van der Waals surface area contributed by atoms with Gasteiger partial charge < -0.3 is 10.1 Å². The van der Waals surface area contributed by atoms with E-state index in [0.29, 0.717) is 36.7 Å². The molecule has 1 aliphatic carbocycles. The van der Waals surface area contributed by atoms with Gasteiger partial charge in [0.2, 0.25) is 5.88 Å². The zero-order valence-electron chi connectivity index (χ0n) is 15.8. The van der Waals surface area contributed by atoms with Gasteiger partial charge in [-0.1, -0.05) is 11.3 Å². The van der Waals surface area contributed by atoms with Gasteiger partial charge in [0, 0.05) is 29.8 Å². The number of rotatable bonds is 7. The molecule has 8 nitrogen and oxygen atoms in total. The monoisotopic (exact) mass is 405 g/mol. The molecule has 4 heterocycles. The molecule has 0 radical (unpaired) electrons. The van der Waals surface area contributed by atoms with Crippen molar-refractivity contribution in [3.05, 3.63) is 58.6 Å². The van der Waals surface area contributed by atoms with Gasteiger partial charge in [-0.25, -0.2) is 9.97 Å². The molecule has 1 fully saturated rings. The molecule has 0 amide bonds. The van der Waals surface area contributed by atoms with Crippen LogP contribution in [0.4, 0.5) is 5.82 Å². The van der Waals surface area contributed by atoms with Crippen molar-refractivity contribution < 1.29 is 4.74 Å². The van der Waals surface area contributed by atoms with Crippen LogP contribution in [0.3, 0.4) is 0 Å². The number of fused-ring (bicyclic) bond motifs is 1. The van der Waals surface area contributed by atoms with E-state index in [1.807, 2.05) is 31.2 Å². The SMILES string of the molecule is Cc1nnc(CNc2cc(OC[C@H]3C[C@@H]3c3ccc4ncccc4n3)ncn2)s1. The maximum Gasteiger partial charge on any atom is 0.218 e. The fourth-order valence-electron chi connectivity index (χ4n) is 3.26. The van der Waals surface area contributed by atoms with E-state index < -0.39 is 0 Å². The Bertz CT molecular complexity index is 1150. The van der Waals surface area contributed by atoms with Crippen LogP contribution in [-0.2, 0) is 6.54 Å². The molecule has 9 heteroatoms. The number of aryl methyl sites for hydroxylation is 1. The number of aromatic nitrogens is 6. The summed E-state index contributed by atoms with van der Waals surface area (Å²) >= 11 is 1.56. The summed E-state index contributed by atoms with van der Waals surface area (Å²) in [5, 5.41) is 13.2. The van der Waals surface area contributed by atoms with Crippen molar-refractivity contribution in [1.82, 2.24) is 30.1 Å². The first-order chi connectivity index (χ1) is 14.2. The number of nitrogens with one attached hydrogen (secondary N) is 1. The van der Waals surface area contributed by atoms with E-state index in [-0.39, 0.29) is 0 Å². The second kappa shape index (κ2) is 7.67. The summed E-state index contributed by atoms with van der Waals surface area (Å²) in [5.74, 6) is 2.16. The highest BCUT2D eigenvalue weighted by molar-refractivity contribution is 7.11. The van der Waals surface area contributed by atoms with Gasteiger partial charge >= 0.3 is 0 Å². The fraction of sp³-hybridized carbons (Fsp3) is 0.300. The zero-order valence-corrected chi connectivity index (χ0v) is 16.6. The lowest BCUT2D eigenvalue weighted by molar-refractivity contribution is 0.285. The van der Waals surface area contributed by atoms with Crippen molar-refractivity contribution in [3.63, 3.8) is 0 Å². The molecule has 0 saturated heterocycles. The van der Waals surface area contributed by atoms with Crippen LogP contribution in [0.5, 0.6) is 5.88 Å². The first-order valence-electron chi connectivity index (χ1n) is 9.44. The van der Waals surface area contributed by atoms with Gasteiger partial charge in [0.25, 0.3) is 0 Å². The molecule has 0 aromatic carbocycles. The number of pyridine rings is 2. The summed E-state index contributed by atoms with van der Waals surface area (Å²) in [7, 11) is 0. The van der Waals surface area contributed by atoms with Crippen LogP contribution in [0, 0.1) is 12.8 Å². The van der Waals surface area contributed by atoms with Crippen molar-refractivity contribution in [2.45, 2.75) is 25.8 Å². The average Bonchev–Trinajstić information content (AvgIpc) is 3.42. The third-order valence-corrected chi connectivity index (χ3v) is 5.69. The van der Waals surface area contributed by atoms with E-state index in [1.165, 1.54) is 6.33 Å². The van der Waals surface area contributed by atoms with Crippen LogP contribution in [0.15, 0.2) is 42.9 Å². The van der Waals surface area contributed by atoms with Crippen molar-refractivity contribution >= 4 is 28.2 Å². The normalized spacial score (nSPS) is 18.0. The summed E-state index contributed by atoms with van der Waals surface area (Å²) in [6.07, 6.45) is 4.37. The van der Waals surface area contributed by atoms with Crippen molar-refractivity contribution in [3.8, 4) is 5.88 Å². The number of hydrogen-bond donors (Lipinski definition) is 1. The highest BCUT2D eigenvalue weighted by Crippen LogP contribution is 2.47. The van der Waals surface area contributed by atoms with Crippen molar-refractivity contribution in [1.29, 1.82) is 0 Å². The molecule has 146 valence electrons. The van der Waals surface area contributed by atoms with Crippen LogP contribution in [0.2, 0.25) is 0 Å². The molecule has 2 atom stereocenters. The summed E-state index contributed by atoms with van der Waals surface area (Å²) in [5.41, 5.74) is 2.97. The molecule has 0 unspecified atom stereocenters. The Hall–Kier alpha value is -3.20. The van der Waals surface area contributed by atoms with E-state index in [0.717, 1.165) is 33.2 Å². The molecule has 4 aromatic heterocycles. The molecule has 1 aliphatic rings. The van der Waals surface area contributed by atoms with Crippen molar-refractivity contribution in [2.24, 2.45) is 5.92 Å². The predicted molar refractivity (Wildman–Crippen MR) is 110 cm³/mol.